The Morgan fingerprint density at radius 2 is 2.00 bits per heavy atom. The molecule has 0 aliphatic carbocycles. The number of nitrogens with zero attached hydrogens (tertiary/aromatic N) is 1. The van der Waals surface area contributed by atoms with E-state index in [0.29, 0.717) is 12.9 Å². The van der Waals surface area contributed by atoms with Gasteiger partial charge in [-0.05, 0) is 27.9 Å². The van der Waals surface area contributed by atoms with E-state index in [0.717, 1.165) is 0 Å². The average molecular weight is 217 g/mol. The molecule has 0 saturated heterocycles. The van der Waals surface area contributed by atoms with Crippen molar-refractivity contribution in [1.29, 1.82) is 0 Å². The highest BCUT2D eigenvalue weighted by Crippen LogP contribution is 2.04. The Balaban J connectivity index is 4.13. The predicted octanol–water partition coefficient (Wildman–Crippen LogP) is 0.431. The number of esters is 1. The Morgan fingerprint density at radius 3 is 2.40 bits per heavy atom. The minimum Gasteiger partial charge on any atom is -0.468 e. The second-order valence-electron chi connectivity index (χ2n) is 3.72. The van der Waals surface area contributed by atoms with Crippen LogP contribution < -0.4 is 0 Å². The average Bonchev–Trinajstić information content (AvgIpc) is 2.10. The summed E-state index contributed by atoms with van der Waals surface area (Å²) < 4.78 is 9.63. The highest BCUT2D eigenvalue weighted by Gasteiger charge is 2.22. The van der Waals surface area contributed by atoms with Crippen LogP contribution in [0.15, 0.2) is 0 Å². The number of rotatable bonds is 7. The summed E-state index contributed by atoms with van der Waals surface area (Å²) in [6.07, 6.45) is 0.309. The third kappa shape index (κ3) is 6.06. The number of hydrogen-bond donors (Lipinski definition) is 0. The largest absolute Gasteiger partial charge is 0.468 e. The molecule has 0 saturated carbocycles. The van der Waals surface area contributed by atoms with Crippen LogP contribution in [0.1, 0.15) is 20.3 Å². The predicted molar refractivity (Wildman–Crippen MR) is 55.3 cm³/mol. The van der Waals surface area contributed by atoms with Gasteiger partial charge >= 0.3 is 5.97 Å². The molecule has 0 radical (unpaired) electrons. The monoisotopic (exact) mass is 217 g/mol. The highest BCUT2D eigenvalue weighted by atomic mass is 16.5. The van der Waals surface area contributed by atoms with Crippen LogP contribution in [0.5, 0.6) is 0 Å². The van der Waals surface area contributed by atoms with Crippen LogP contribution in [-0.2, 0) is 19.1 Å². The van der Waals surface area contributed by atoms with E-state index in [1.54, 1.807) is 32.8 Å². The van der Waals surface area contributed by atoms with Crippen molar-refractivity contribution >= 4 is 12.4 Å². The van der Waals surface area contributed by atoms with Crippen LogP contribution in [-0.4, -0.2) is 50.2 Å². The first-order valence-electron chi connectivity index (χ1n) is 4.91. The maximum atomic E-state index is 11.6. The molecule has 0 aliphatic rings. The Morgan fingerprint density at radius 1 is 1.40 bits per heavy atom. The lowest BCUT2D eigenvalue weighted by Gasteiger charge is -2.23. The number of carbonyl (C=O) groups excluding carboxylic acids is 2. The van der Waals surface area contributed by atoms with Gasteiger partial charge in [0, 0.05) is 6.42 Å². The second-order valence-corrected chi connectivity index (χ2v) is 3.72. The molecule has 0 heterocycles. The molecule has 0 fully saturated rings. The molecule has 0 rings (SSSR count). The lowest BCUT2D eigenvalue weighted by atomic mass is 10.2. The van der Waals surface area contributed by atoms with Crippen molar-refractivity contribution in [1.82, 2.24) is 4.90 Å². The summed E-state index contributed by atoms with van der Waals surface area (Å²) in [5, 5.41) is 0. The van der Waals surface area contributed by atoms with Crippen LogP contribution in [0.25, 0.3) is 0 Å². The summed E-state index contributed by atoms with van der Waals surface area (Å²) in [5.41, 5.74) is 0. The maximum Gasteiger partial charge on any atom is 0.323 e. The van der Waals surface area contributed by atoms with E-state index in [1.165, 1.54) is 0 Å². The van der Waals surface area contributed by atoms with E-state index < -0.39 is 0 Å². The topological polar surface area (TPSA) is 55.8 Å². The van der Waals surface area contributed by atoms with Gasteiger partial charge in [-0.3, -0.25) is 14.5 Å². The van der Waals surface area contributed by atoms with Crippen LogP contribution in [0.2, 0.25) is 0 Å². The minimum atomic E-state index is -0.368. The molecule has 0 amide bonds. The van der Waals surface area contributed by atoms with Gasteiger partial charge in [0.2, 0.25) is 0 Å². The Bertz CT molecular complexity index is 204. The molecule has 5 nitrogen and oxygen atoms in total. The highest BCUT2D eigenvalue weighted by molar-refractivity contribution is 5.75. The number of ether oxygens (including phenoxy) is 2. The van der Waals surface area contributed by atoms with Gasteiger partial charge in [0.05, 0.1) is 12.7 Å². The zero-order chi connectivity index (χ0) is 11.8. The zero-order valence-corrected chi connectivity index (χ0v) is 9.73. The zero-order valence-electron chi connectivity index (χ0n) is 9.73. The molecule has 0 aromatic carbocycles. The summed E-state index contributed by atoms with van der Waals surface area (Å²) in [6.45, 7) is 4.19. The van der Waals surface area contributed by atoms with E-state index in [9.17, 15) is 9.59 Å². The van der Waals surface area contributed by atoms with Crippen molar-refractivity contribution < 1.29 is 19.1 Å². The molecule has 1 atom stereocenters. The molecule has 0 aromatic rings. The molecule has 0 aromatic heterocycles. The van der Waals surface area contributed by atoms with Crippen molar-refractivity contribution in [2.75, 3.05) is 20.7 Å². The molecule has 0 aliphatic heterocycles. The molecular formula is C10H19NO4. The van der Waals surface area contributed by atoms with Crippen molar-refractivity contribution in [3.63, 3.8) is 0 Å². The van der Waals surface area contributed by atoms with Gasteiger partial charge < -0.3 is 9.47 Å². The number of hydrogen-bond acceptors (Lipinski definition) is 5. The van der Waals surface area contributed by atoms with Gasteiger partial charge in [-0.25, -0.2) is 0 Å². The fourth-order valence-electron chi connectivity index (χ4n) is 1.13. The first-order chi connectivity index (χ1) is 6.99. The molecule has 1 unspecified atom stereocenters. The molecule has 0 N–H and O–H groups in total. The maximum absolute atomic E-state index is 11.6. The fraction of sp³-hybridized carbons (Fsp3) is 0.800. The summed E-state index contributed by atoms with van der Waals surface area (Å²) in [4.78, 5) is 23.3. The third-order valence-corrected chi connectivity index (χ3v) is 1.82. The molecule has 5 heteroatoms. The van der Waals surface area contributed by atoms with Crippen molar-refractivity contribution in [3.8, 4) is 0 Å². The van der Waals surface area contributed by atoms with Gasteiger partial charge in [-0.1, -0.05) is 0 Å². The van der Waals surface area contributed by atoms with Gasteiger partial charge in [0.25, 0.3) is 6.47 Å². The van der Waals surface area contributed by atoms with Gasteiger partial charge in [0.15, 0.2) is 0 Å². The lowest BCUT2D eigenvalue weighted by Crippen LogP contribution is -2.39. The smallest absolute Gasteiger partial charge is 0.323 e. The van der Waals surface area contributed by atoms with Crippen LogP contribution in [0.3, 0.4) is 0 Å². The van der Waals surface area contributed by atoms with Gasteiger partial charge in [-0.15, -0.1) is 0 Å². The van der Waals surface area contributed by atoms with Crippen LogP contribution >= 0.6 is 0 Å². The molecule has 15 heavy (non-hydrogen) atoms. The van der Waals surface area contributed by atoms with E-state index in [1.807, 2.05) is 0 Å². The Labute approximate surface area is 90.3 Å². The molecular weight excluding hydrogens is 198 g/mol. The minimum absolute atomic E-state index is 0.132. The van der Waals surface area contributed by atoms with Crippen LogP contribution in [0, 0.1) is 0 Å². The molecule has 88 valence electrons. The Kier molecular flexibility index (Phi) is 6.70. The van der Waals surface area contributed by atoms with E-state index in [-0.39, 0.29) is 24.7 Å². The summed E-state index contributed by atoms with van der Waals surface area (Å²) >= 11 is 0. The molecule has 0 bridgehead atoms. The Hall–Kier alpha value is -1.10. The third-order valence-electron chi connectivity index (χ3n) is 1.82. The fourth-order valence-corrected chi connectivity index (χ4v) is 1.13. The lowest BCUT2D eigenvalue weighted by molar-refractivity contribution is -0.154. The first kappa shape index (κ1) is 13.9. The number of likely N-dealkylation sites (N-methyl/N-ethyl adjacent to an activating group) is 1. The van der Waals surface area contributed by atoms with Crippen molar-refractivity contribution in [2.24, 2.45) is 0 Å². The van der Waals surface area contributed by atoms with Gasteiger partial charge in [0.1, 0.15) is 6.04 Å². The summed E-state index contributed by atoms with van der Waals surface area (Å²) in [5.74, 6) is -0.288. The standard InChI is InChI=1S/C10H19NO4/c1-8(2)15-10(13)9(11(3)4)5-6-14-7-12/h7-9H,5-6H2,1-4H3. The van der Waals surface area contributed by atoms with Crippen molar-refractivity contribution in [2.45, 2.75) is 32.4 Å². The number of carbonyl (C=O) groups is 2. The van der Waals surface area contributed by atoms with E-state index in [4.69, 9.17) is 4.74 Å². The SMILES string of the molecule is CC(C)OC(=O)C(CCOC=O)N(C)C. The van der Waals surface area contributed by atoms with Crippen LogP contribution in [0.4, 0.5) is 0 Å². The second kappa shape index (κ2) is 7.23. The summed E-state index contributed by atoms with van der Waals surface area (Å²) in [6, 6.07) is -0.368. The van der Waals surface area contributed by atoms with E-state index in [2.05, 4.69) is 4.74 Å². The molecule has 0 spiro atoms. The van der Waals surface area contributed by atoms with Crippen molar-refractivity contribution in [3.05, 3.63) is 0 Å². The first-order valence-corrected chi connectivity index (χ1v) is 4.91. The summed E-state index contributed by atoms with van der Waals surface area (Å²) in [7, 11) is 3.57. The normalized spacial score (nSPS) is 12.7. The van der Waals surface area contributed by atoms with Gasteiger partial charge in [-0.2, -0.15) is 0 Å². The van der Waals surface area contributed by atoms with E-state index >= 15 is 0 Å². The quantitative estimate of drug-likeness (QED) is 0.351.